The minimum absolute atomic E-state index is 0.438. The topological polar surface area (TPSA) is 37.4 Å². The van der Waals surface area contributed by atoms with Gasteiger partial charge in [0, 0.05) is 22.8 Å². The molecule has 1 heterocycles. The number of rotatable bonds is 8. The number of thiophene rings is 1. The normalized spacial score (nSPS) is 12.1. The summed E-state index contributed by atoms with van der Waals surface area (Å²) in [5.74, 6) is 0. The summed E-state index contributed by atoms with van der Waals surface area (Å²) in [6.45, 7) is 4.94. The van der Waals surface area contributed by atoms with Crippen molar-refractivity contribution in [3.05, 3.63) is 64.7 Å². The van der Waals surface area contributed by atoms with Gasteiger partial charge in [-0.15, -0.1) is 11.3 Å². The van der Waals surface area contributed by atoms with Crippen LogP contribution in [-0.4, -0.2) is 25.8 Å². The minimum Gasteiger partial charge on any atom is -0.206 e. The predicted molar refractivity (Wildman–Crippen MR) is 115 cm³/mol. The number of halogens is 1. The van der Waals surface area contributed by atoms with Gasteiger partial charge in [-0.25, -0.2) is 8.42 Å². The highest BCUT2D eigenvalue weighted by Crippen LogP contribution is 2.37. The van der Waals surface area contributed by atoms with Crippen molar-refractivity contribution in [1.29, 1.82) is 0 Å². The summed E-state index contributed by atoms with van der Waals surface area (Å²) in [6, 6.07) is 15.7. The highest BCUT2D eigenvalue weighted by Gasteiger charge is 2.28. The van der Waals surface area contributed by atoms with E-state index in [1.54, 1.807) is 10.4 Å². The maximum absolute atomic E-state index is 13.3. The van der Waals surface area contributed by atoms with Gasteiger partial charge in [0.25, 0.3) is 10.0 Å². The number of benzene rings is 2. The van der Waals surface area contributed by atoms with E-state index >= 15 is 0 Å². The van der Waals surface area contributed by atoms with Crippen LogP contribution in [0.1, 0.15) is 30.9 Å². The fourth-order valence-electron chi connectivity index (χ4n) is 3.24. The van der Waals surface area contributed by atoms with Crippen LogP contribution in [-0.2, 0) is 16.4 Å². The Bertz CT molecular complexity index is 1010. The molecule has 3 rings (SSSR count). The lowest BCUT2D eigenvalue weighted by Crippen LogP contribution is -2.33. The van der Waals surface area contributed by atoms with E-state index in [-0.39, 0.29) is 0 Å². The van der Waals surface area contributed by atoms with E-state index in [2.05, 4.69) is 12.1 Å². The van der Waals surface area contributed by atoms with Crippen LogP contribution in [0.15, 0.2) is 52.7 Å². The molecule has 2 aromatic carbocycles. The molecule has 0 atom stereocenters. The van der Waals surface area contributed by atoms with Crippen LogP contribution >= 0.6 is 22.9 Å². The second kappa shape index (κ2) is 8.74. The van der Waals surface area contributed by atoms with Gasteiger partial charge in [-0.2, -0.15) is 4.31 Å². The average molecular weight is 422 g/mol. The molecule has 0 saturated carbocycles. The van der Waals surface area contributed by atoms with E-state index < -0.39 is 10.0 Å². The molecule has 0 radical (unpaired) electrons. The molecule has 27 heavy (non-hydrogen) atoms. The van der Waals surface area contributed by atoms with Gasteiger partial charge in [0.05, 0.1) is 0 Å². The Morgan fingerprint density at radius 1 is 1.07 bits per heavy atom. The first-order valence-corrected chi connectivity index (χ1v) is 11.8. The minimum atomic E-state index is -3.51. The molecule has 0 spiro atoms. The maximum atomic E-state index is 13.3. The zero-order valence-corrected chi connectivity index (χ0v) is 18.0. The van der Waals surface area contributed by atoms with Crippen LogP contribution in [0.4, 0.5) is 0 Å². The standard InChI is InChI=1S/C21H24ClNO2S2/c1-3-13-23(14-7-10-17-8-5-4-6-9-17)27(24,25)21-16(2)19-15-18(22)11-12-20(19)26-21/h4-6,8-9,11-12,15H,3,7,10,13-14H2,1-2H3. The molecule has 3 nitrogen and oxygen atoms in total. The Hall–Kier alpha value is -1.40. The van der Waals surface area contributed by atoms with E-state index in [0.717, 1.165) is 34.9 Å². The molecule has 0 saturated heterocycles. The molecule has 6 heteroatoms. The van der Waals surface area contributed by atoms with Crippen LogP contribution in [0.5, 0.6) is 0 Å². The number of aryl methyl sites for hydroxylation is 2. The number of hydrogen-bond acceptors (Lipinski definition) is 3. The lowest BCUT2D eigenvalue weighted by Gasteiger charge is -2.21. The van der Waals surface area contributed by atoms with E-state index in [0.29, 0.717) is 22.3 Å². The van der Waals surface area contributed by atoms with Crippen molar-refractivity contribution in [3.63, 3.8) is 0 Å². The van der Waals surface area contributed by atoms with Gasteiger partial charge in [0.2, 0.25) is 0 Å². The Kier molecular flexibility index (Phi) is 6.58. The zero-order valence-electron chi connectivity index (χ0n) is 15.6. The molecular formula is C21H24ClNO2S2. The molecule has 0 N–H and O–H groups in total. The Labute approximate surface area is 170 Å². The van der Waals surface area contributed by atoms with Crippen molar-refractivity contribution < 1.29 is 8.42 Å². The molecule has 0 amide bonds. The molecule has 1 aromatic heterocycles. The lowest BCUT2D eigenvalue weighted by molar-refractivity contribution is 0.405. The van der Waals surface area contributed by atoms with Crippen molar-refractivity contribution in [2.24, 2.45) is 0 Å². The molecule has 0 aliphatic rings. The van der Waals surface area contributed by atoms with Crippen LogP contribution in [0.25, 0.3) is 10.1 Å². The van der Waals surface area contributed by atoms with Crippen LogP contribution < -0.4 is 0 Å². The van der Waals surface area contributed by atoms with Crippen molar-refractivity contribution >= 4 is 43.0 Å². The van der Waals surface area contributed by atoms with Crippen molar-refractivity contribution in [2.75, 3.05) is 13.1 Å². The quantitative estimate of drug-likeness (QED) is 0.454. The summed E-state index contributed by atoms with van der Waals surface area (Å²) in [7, 11) is -3.51. The highest BCUT2D eigenvalue weighted by molar-refractivity contribution is 7.91. The fraction of sp³-hybridized carbons (Fsp3) is 0.333. The van der Waals surface area contributed by atoms with Gasteiger partial charge in [-0.1, -0.05) is 48.9 Å². The number of nitrogens with zero attached hydrogens (tertiary/aromatic N) is 1. The first kappa shape index (κ1) is 20.3. The Morgan fingerprint density at radius 3 is 2.52 bits per heavy atom. The van der Waals surface area contributed by atoms with Gasteiger partial charge in [-0.05, 0) is 60.9 Å². The molecular weight excluding hydrogens is 398 g/mol. The smallest absolute Gasteiger partial charge is 0.206 e. The van der Waals surface area contributed by atoms with Crippen molar-refractivity contribution in [3.8, 4) is 0 Å². The molecule has 0 bridgehead atoms. The fourth-order valence-corrected chi connectivity index (χ4v) is 6.86. The molecule has 0 aliphatic heterocycles. The summed E-state index contributed by atoms with van der Waals surface area (Å²) in [5.41, 5.74) is 2.03. The molecule has 0 unspecified atom stereocenters. The van der Waals surface area contributed by atoms with Crippen molar-refractivity contribution in [2.45, 2.75) is 37.3 Å². The second-order valence-electron chi connectivity index (χ2n) is 6.65. The van der Waals surface area contributed by atoms with Gasteiger partial charge in [-0.3, -0.25) is 0 Å². The van der Waals surface area contributed by atoms with Crippen molar-refractivity contribution in [1.82, 2.24) is 4.31 Å². The molecule has 0 aliphatic carbocycles. The summed E-state index contributed by atoms with van der Waals surface area (Å²) in [4.78, 5) is 0. The van der Waals surface area contributed by atoms with Gasteiger partial charge in [0.15, 0.2) is 0 Å². The summed E-state index contributed by atoms with van der Waals surface area (Å²) < 4.78 is 29.7. The molecule has 144 valence electrons. The molecule has 0 fully saturated rings. The zero-order chi connectivity index (χ0) is 19.4. The van der Waals surface area contributed by atoms with Gasteiger partial charge in [0.1, 0.15) is 4.21 Å². The van der Waals surface area contributed by atoms with Crippen LogP contribution in [0.3, 0.4) is 0 Å². The first-order chi connectivity index (χ1) is 12.9. The largest absolute Gasteiger partial charge is 0.252 e. The maximum Gasteiger partial charge on any atom is 0.252 e. The van der Waals surface area contributed by atoms with Gasteiger partial charge < -0.3 is 0 Å². The van der Waals surface area contributed by atoms with Gasteiger partial charge >= 0.3 is 0 Å². The summed E-state index contributed by atoms with van der Waals surface area (Å²) >= 11 is 7.43. The van der Waals surface area contributed by atoms with E-state index in [4.69, 9.17) is 11.6 Å². The van der Waals surface area contributed by atoms with E-state index in [9.17, 15) is 8.42 Å². The van der Waals surface area contributed by atoms with E-state index in [1.807, 2.05) is 44.2 Å². The van der Waals surface area contributed by atoms with Crippen LogP contribution in [0.2, 0.25) is 5.02 Å². The highest BCUT2D eigenvalue weighted by atomic mass is 35.5. The number of sulfonamides is 1. The third-order valence-corrected chi connectivity index (χ3v) is 8.62. The van der Waals surface area contributed by atoms with E-state index in [1.165, 1.54) is 16.9 Å². The first-order valence-electron chi connectivity index (χ1n) is 9.16. The third-order valence-electron chi connectivity index (χ3n) is 4.62. The monoisotopic (exact) mass is 421 g/mol. The van der Waals surface area contributed by atoms with Crippen LogP contribution in [0, 0.1) is 6.92 Å². The third kappa shape index (κ3) is 4.54. The second-order valence-corrected chi connectivity index (χ2v) is 10.3. The summed E-state index contributed by atoms with van der Waals surface area (Å²) in [6.07, 6.45) is 2.47. The Morgan fingerprint density at radius 2 is 1.81 bits per heavy atom. The summed E-state index contributed by atoms with van der Waals surface area (Å²) in [5, 5.41) is 1.55. The SMILES string of the molecule is CCCN(CCCc1ccccc1)S(=O)(=O)c1sc2ccc(Cl)cc2c1C. The Balaban J connectivity index is 1.84. The number of hydrogen-bond donors (Lipinski definition) is 0. The predicted octanol–water partition coefficient (Wildman–Crippen LogP) is 5.90. The molecule has 3 aromatic rings. The number of fused-ring (bicyclic) bond motifs is 1. The lowest BCUT2D eigenvalue weighted by atomic mass is 10.1. The average Bonchev–Trinajstić information content (AvgIpc) is 2.99.